The van der Waals surface area contributed by atoms with Crippen LogP contribution < -0.4 is 0 Å². The van der Waals surface area contributed by atoms with E-state index >= 15 is 0 Å². The van der Waals surface area contributed by atoms with Gasteiger partial charge >= 0.3 is 0 Å². The zero-order valence-corrected chi connectivity index (χ0v) is 14.1. The first-order valence-corrected chi connectivity index (χ1v) is 9.04. The second-order valence-corrected chi connectivity index (χ2v) is 6.79. The minimum atomic E-state index is 0.600. The number of hydrogen-bond donors (Lipinski definition) is 0. The molecule has 2 unspecified atom stereocenters. The van der Waals surface area contributed by atoms with Crippen molar-refractivity contribution in [3.63, 3.8) is 0 Å². The van der Waals surface area contributed by atoms with E-state index in [0.29, 0.717) is 12.2 Å². The number of hydrogen-bond acceptors (Lipinski definition) is 1. The molecule has 118 valence electrons. The van der Waals surface area contributed by atoms with Crippen molar-refractivity contribution < 1.29 is 4.74 Å². The lowest BCUT2D eigenvalue weighted by atomic mass is 10.0. The van der Waals surface area contributed by atoms with Crippen molar-refractivity contribution in [2.45, 2.75) is 104 Å². The van der Waals surface area contributed by atoms with E-state index < -0.39 is 0 Å². The van der Waals surface area contributed by atoms with Crippen LogP contribution in [0.25, 0.3) is 0 Å². The average Bonchev–Trinajstić information content (AvgIpc) is 3.16. The lowest BCUT2D eigenvalue weighted by molar-refractivity contribution is 0.348. The monoisotopic (exact) mass is 280 g/mol. The molecule has 1 rings (SSSR count). The number of unbranched alkanes of at least 4 members (excludes halogenated alkanes) is 5. The number of epoxide rings is 1. The van der Waals surface area contributed by atoms with Crippen LogP contribution >= 0.6 is 0 Å². The van der Waals surface area contributed by atoms with E-state index in [1.54, 1.807) is 0 Å². The molecular weight excluding hydrogens is 244 g/mol. The fourth-order valence-corrected chi connectivity index (χ4v) is 2.77. The molecule has 1 aliphatic heterocycles. The van der Waals surface area contributed by atoms with Gasteiger partial charge in [-0.1, -0.05) is 65.0 Å². The Balaban J connectivity index is 1.83. The number of allylic oxidation sites excluding steroid dienone is 2. The van der Waals surface area contributed by atoms with Gasteiger partial charge in [-0.3, -0.25) is 0 Å². The topological polar surface area (TPSA) is 12.5 Å². The predicted molar refractivity (Wildman–Crippen MR) is 89.1 cm³/mol. The third-order valence-corrected chi connectivity index (χ3v) is 4.21. The number of rotatable bonds is 13. The van der Waals surface area contributed by atoms with Gasteiger partial charge < -0.3 is 4.74 Å². The average molecular weight is 280 g/mol. The van der Waals surface area contributed by atoms with E-state index in [-0.39, 0.29) is 0 Å². The van der Waals surface area contributed by atoms with Crippen molar-refractivity contribution in [2.24, 2.45) is 5.92 Å². The van der Waals surface area contributed by atoms with E-state index in [4.69, 9.17) is 4.74 Å². The summed E-state index contributed by atoms with van der Waals surface area (Å²) in [5.74, 6) is 0.857. The van der Waals surface area contributed by atoms with Gasteiger partial charge in [0, 0.05) is 0 Å². The summed E-state index contributed by atoms with van der Waals surface area (Å²) in [5.41, 5.74) is 0. The van der Waals surface area contributed by atoms with Crippen LogP contribution in [0.1, 0.15) is 91.4 Å². The zero-order valence-electron chi connectivity index (χ0n) is 14.1. The summed E-state index contributed by atoms with van der Waals surface area (Å²) in [5, 5.41) is 0. The zero-order chi connectivity index (χ0) is 14.6. The molecule has 1 nitrogen and oxygen atoms in total. The van der Waals surface area contributed by atoms with Crippen molar-refractivity contribution >= 4 is 0 Å². The summed E-state index contributed by atoms with van der Waals surface area (Å²) in [7, 11) is 0. The van der Waals surface area contributed by atoms with Crippen molar-refractivity contribution in [2.75, 3.05) is 0 Å². The molecule has 1 fully saturated rings. The fraction of sp³-hybridized carbons (Fsp3) is 0.895. The Morgan fingerprint density at radius 1 is 0.850 bits per heavy atom. The summed E-state index contributed by atoms with van der Waals surface area (Å²) >= 11 is 0. The SMILES string of the molecule is CCCCC/C=C/CCCC1OC1CCCCC(C)C. The van der Waals surface area contributed by atoms with E-state index in [1.807, 2.05) is 0 Å². The standard InChI is InChI=1S/C19H36O/c1-4-5-6-7-8-9-10-11-15-18-19(20-18)16-13-12-14-17(2)3/h8-9,17-19H,4-7,10-16H2,1-3H3/b9-8+. The second kappa shape index (κ2) is 11.4. The van der Waals surface area contributed by atoms with Gasteiger partial charge in [-0.15, -0.1) is 0 Å². The highest BCUT2D eigenvalue weighted by molar-refractivity contribution is 4.87. The van der Waals surface area contributed by atoms with Gasteiger partial charge in [-0.25, -0.2) is 0 Å². The molecule has 0 aromatic heterocycles. The predicted octanol–water partition coefficient (Wildman–Crippen LogP) is 6.28. The Morgan fingerprint density at radius 2 is 1.50 bits per heavy atom. The van der Waals surface area contributed by atoms with Gasteiger partial charge in [0.15, 0.2) is 0 Å². The van der Waals surface area contributed by atoms with Crippen molar-refractivity contribution in [1.82, 2.24) is 0 Å². The normalized spacial score (nSPS) is 22.0. The Kier molecular flexibility index (Phi) is 10.1. The van der Waals surface area contributed by atoms with Gasteiger partial charge in [0.05, 0.1) is 12.2 Å². The molecule has 0 bridgehead atoms. The molecule has 1 heteroatoms. The van der Waals surface area contributed by atoms with Crippen LogP contribution in [-0.4, -0.2) is 12.2 Å². The molecule has 0 N–H and O–H groups in total. The quantitative estimate of drug-likeness (QED) is 0.220. The Labute approximate surface area is 127 Å². The van der Waals surface area contributed by atoms with Crippen molar-refractivity contribution in [3.8, 4) is 0 Å². The summed E-state index contributed by atoms with van der Waals surface area (Å²) in [4.78, 5) is 0. The van der Waals surface area contributed by atoms with Crippen LogP contribution in [0.4, 0.5) is 0 Å². The van der Waals surface area contributed by atoms with E-state index in [1.165, 1.54) is 70.6 Å². The van der Waals surface area contributed by atoms with E-state index in [9.17, 15) is 0 Å². The summed E-state index contributed by atoms with van der Waals surface area (Å²) in [6, 6.07) is 0. The highest BCUT2D eigenvalue weighted by Crippen LogP contribution is 2.31. The Morgan fingerprint density at radius 3 is 2.15 bits per heavy atom. The minimum Gasteiger partial charge on any atom is -0.370 e. The van der Waals surface area contributed by atoms with Gasteiger partial charge in [0.25, 0.3) is 0 Å². The largest absolute Gasteiger partial charge is 0.370 e. The van der Waals surface area contributed by atoms with Crippen LogP contribution in [0.15, 0.2) is 12.2 Å². The maximum atomic E-state index is 5.76. The molecule has 0 saturated carbocycles. The lowest BCUT2D eigenvalue weighted by Crippen LogP contribution is -1.95. The molecule has 0 aliphatic carbocycles. The molecule has 0 amide bonds. The van der Waals surface area contributed by atoms with Crippen LogP contribution in [0, 0.1) is 5.92 Å². The minimum absolute atomic E-state index is 0.600. The molecule has 0 aromatic rings. The van der Waals surface area contributed by atoms with Crippen LogP contribution in [0.3, 0.4) is 0 Å². The molecule has 2 atom stereocenters. The molecule has 0 radical (unpaired) electrons. The second-order valence-electron chi connectivity index (χ2n) is 6.79. The third kappa shape index (κ3) is 9.58. The van der Waals surface area contributed by atoms with Crippen LogP contribution in [0.5, 0.6) is 0 Å². The molecule has 1 heterocycles. The first-order chi connectivity index (χ1) is 9.74. The molecule has 0 spiro atoms. The maximum Gasteiger partial charge on any atom is 0.0842 e. The van der Waals surface area contributed by atoms with Crippen molar-refractivity contribution in [1.29, 1.82) is 0 Å². The molecule has 1 aliphatic rings. The maximum absolute atomic E-state index is 5.76. The van der Waals surface area contributed by atoms with Gasteiger partial charge in [0.2, 0.25) is 0 Å². The Hall–Kier alpha value is -0.300. The Bertz CT molecular complexity index is 244. The lowest BCUT2D eigenvalue weighted by Gasteiger charge is -2.02. The summed E-state index contributed by atoms with van der Waals surface area (Å²) < 4.78 is 5.76. The van der Waals surface area contributed by atoms with Crippen LogP contribution in [-0.2, 0) is 4.74 Å². The first-order valence-electron chi connectivity index (χ1n) is 9.04. The summed E-state index contributed by atoms with van der Waals surface area (Å²) in [6.07, 6.45) is 20.5. The van der Waals surface area contributed by atoms with Crippen LogP contribution in [0.2, 0.25) is 0 Å². The summed E-state index contributed by atoms with van der Waals surface area (Å²) in [6.45, 7) is 6.89. The number of ether oxygens (including phenoxy) is 1. The van der Waals surface area contributed by atoms with Crippen molar-refractivity contribution in [3.05, 3.63) is 12.2 Å². The van der Waals surface area contributed by atoms with Gasteiger partial charge in [-0.05, 0) is 44.4 Å². The molecular formula is C19H36O. The third-order valence-electron chi connectivity index (χ3n) is 4.21. The highest BCUT2D eigenvalue weighted by Gasteiger charge is 2.36. The van der Waals surface area contributed by atoms with Gasteiger partial charge in [0.1, 0.15) is 0 Å². The fourth-order valence-electron chi connectivity index (χ4n) is 2.77. The molecule has 0 aromatic carbocycles. The first kappa shape index (κ1) is 17.8. The van der Waals surface area contributed by atoms with E-state index in [2.05, 4.69) is 32.9 Å². The highest BCUT2D eigenvalue weighted by atomic mass is 16.6. The van der Waals surface area contributed by atoms with Gasteiger partial charge in [-0.2, -0.15) is 0 Å². The molecule has 20 heavy (non-hydrogen) atoms. The molecule has 1 saturated heterocycles. The smallest absolute Gasteiger partial charge is 0.0842 e. The van der Waals surface area contributed by atoms with E-state index in [0.717, 1.165) is 5.92 Å².